The maximum atomic E-state index is 13.5. The molecule has 7 rings (SSSR count). The zero-order chi connectivity index (χ0) is 27.4. The molecular weight excluding hydrogens is 508 g/mol. The molecule has 10 heteroatoms. The zero-order valence-electron chi connectivity index (χ0n) is 22.3. The quantitative estimate of drug-likeness (QED) is 0.295. The lowest BCUT2D eigenvalue weighted by Crippen LogP contribution is -2.67. The van der Waals surface area contributed by atoms with Crippen LogP contribution < -0.4 is 0 Å². The monoisotopic (exact) mass is 542 g/mol. The molecule has 0 aromatic carbocycles. The van der Waals surface area contributed by atoms with Crippen LogP contribution >= 0.6 is 0 Å². The van der Waals surface area contributed by atoms with Gasteiger partial charge < -0.3 is 33.5 Å². The molecule has 0 radical (unpaired) electrons. The summed E-state index contributed by atoms with van der Waals surface area (Å²) in [5.41, 5.74) is -3.83. The average Bonchev–Trinajstić information content (AvgIpc) is 3.81. The Morgan fingerprint density at radius 2 is 1.90 bits per heavy atom. The van der Waals surface area contributed by atoms with Crippen LogP contribution in [0.5, 0.6) is 0 Å². The minimum atomic E-state index is -1.72. The Bertz CT molecular complexity index is 1230. The number of aliphatic hydroxyl groups excluding tert-OH is 1. The maximum absolute atomic E-state index is 13.5. The number of hydrogen-bond donors (Lipinski definition) is 1. The van der Waals surface area contributed by atoms with E-state index < -0.39 is 63.7 Å². The van der Waals surface area contributed by atoms with Gasteiger partial charge in [-0.3, -0.25) is 4.79 Å². The van der Waals surface area contributed by atoms with Gasteiger partial charge in [-0.2, -0.15) is 0 Å². The van der Waals surface area contributed by atoms with Crippen LogP contribution in [-0.2, 0) is 42.8 Å². The summed E-state index contributed by atoms with van der Waals surface area (Å²) < 4.78 is 36.5. The minimum Gasteiger partial charge on any atom is -0.463 e. The van der Waals surface area contributed by atoms with E-state index in [2.05, 4.69) is 19.9 Å². The molecule has 1 N–H and O–H groups in total. The third kappa shape index (κ3) is 3.12. The number of carbonyl (C=O) groups is 3. The first-order chi connectivity index (χ1) is 18.5. The lowest BCUT2D eigenvalue weighted by molar-refractivity contribution is -0.233. The molecule has 4 bridgehead atoms. The third-order valence-electron chi connectivity index (χ3n) is 10.8. The summed E-state index contributed by atoms with van der Waals surface area (Å²) in [7, 11) is 0. The van der Waals surface area contributed by atoms with Crippen molar-refractivity contribution in [3.05, 3.63) is 36.0 Å². The van der Waals surface area contributed by atoms with E-state index in [1.807, 2.05) is 0 Å². The van der Waals surface area contributed by atoms with Crippen molar-refractivity contribution >= 4 is 17.7 Å². The number of allylic oxidation sites excluding steroid dienone is 3. The van der Waals surface area contributed by atoms with Crippen molar-refractivity contribution in [3.8, 4) is 0 Å². The van der Waals surface area contributed by atoms with E-state index in [-0.39, 0.29) is 31.8 Å². The maximum Gasteiger partial charge on any atom is 0.338 e. The number of rotatable bonds is 1. The standard InChI is InChI=1S/C29H34O10/c1-16-7-9-26-14-34-23(32)22-28(39-22)10-11-35-27(17(2)30,24(28)33)8-5-4-6-21(31)38-18-13-20(37-19(26)12-16)29(15-36-29)25(18,26)3/h4-6,8,12,18-20,22,24,33H,7,9-11,13-15H2,1-3H3/b6-4-,8-5-/t18-,19-,20-,22?,24?,25-,26-,27?,28?,29?/m1/s1. The number of hydrogen-bond acceptors (Lipinski definition) is 10. The molecule has 4 saturated heterocycles. The molecule has 39 heavy (non-hydrogen) atoms. The number of fused-ring (bicyclic) bond motifs is 1. The van der Waals surface area contributed by atoms with E-state index >= 15 is 0 Å². The fraction of sp³-hybridized carbons (Fsp3) is 0.690. The Morgan fingerprint density at radius 3 is 2.64 bits per heavy atom. The van der Waals surface area contributed by atoms with Gasteiger partial charge >= 0.3 is 11.9 Å². The molecule has 10 nitrogen and oxygen atoms in total. The van der Waals surface area contributed by atoms with Gasteiger partial charge in [-0.05, 0) is 32.8 Å². The largest absolute Gasteiger partial charge is 0.463 e. The SMILES string of the molecule is CC(=O)C12/C=C\C=C/C(=O)O[C@@H]3C[C@H]4O[C@@H]5C=C(C)CC[C@]5(COC(=O)C5OC5(CCO1)C2O)[C@]3(C)C41CO1. The Labute approximate surface area is 226 Å². The third-order valence-corrected chi connectivity index (χ3v) is 10.8. The first-order valence-electron chi connectivity index (χ1n) is 13.8. The van der Waals surface area contributed by atoms with Gasteiger partial charge in [0.2, 0.25) is 0 Å². The average molecular weight is 543 g/mol. The summed E-state index contributed by atoms with van der Waals surface area (Å²) in [6.07, 6.45) is 6.29. The van der Waals surface area contributed by atoms with Gasteiger partial charge in [-0.1, -0.05) is 30.7 Å². The topological polar surface area (TPSA) is 133 Å². The van der Waals surface area contributed by atoms with Crippen molar-refractivity contribution in [2.24, 2.45) is 10.8 Å². The van der Waals surface area contributed by atoms with Gasteiger partial charge in [0.05, 0.1) is 30.8 Å². The fourth-order valence-corrected chi connectivity index (χ4v) is 8.26. The number of cyclic esters (lactones) is 1. The summed E-state index contributed by atoms with van der Waals surface area (Å²) in [5, 5.41) is 11.4. The minimum absolute atomic E-state index is 0.0127. The molecule has 5 unspecified atom stereocenters. The van der Waals surface area contributed by atoms with Crippen LogP contribution in [0, 0.1) is 10.8 Å². The number of Topliss-reactive ketones (excluding diaryl/α,β-unsaturated/α-hetero) is 1. The second-order valence-corrected chi connectivity index (χ2v) is 12.4. The normalized spacial score (nSPS) is 53.4. The zero-order valence-corrected chi connectivity index (χ0v) is 22.3. The molecule has 10 atom stereocenters. The molecular formula is C29H34O10. The predicted molar refractivity (Wildman–Crippen MR) is 132 cm³/mol. The smallest absolute Gasteiger partial charge is 0.338 e. The second kappa shape index (κ2) is 8.10. The van der Waals surface area contributed by atoms with Crippen LogP contribution in [0.2, 0.25) is 0 Å². The molecule has 1 saturated carbocycles. The van der Waals surface area contributed by atoms with Crippen LogP contribution in [0.15, 0.2) is 36.0 Å². The van der Waals surface area contributed by atoms with E-state index in [9.17, 15) is 19.5 Å². The van der Waals surface area contributed by atoms with Gasteiger partial charge in [0, 0.05) is 24.3 Å². The lowest BCUT2D eigenvalue weighted by Gasteiger charge is -2.58. The second-order valence-electron chi connectivity index (χ2n) is 12.4. The van der Waals surface area contributed by atoms with Crippen LogP contribution in [0.3, 0.4) is 0 Å². The van der Waals surface area contributed by atoms with Crippen molar-refractivity contribution < 1.29 is 47.9 Å². The van der Waals surface area contributed by atoms with E-state index in [0.717, 1.165) is 6.42 Å². The van der Waals surface area contributed by atoms with Gasteiger partial charge in [-0.15, -0.1) is 0 Å². The van der Waals surface area contributed by atoms with Crippen LogP contribution in [0.4, 0.5) is 0 Å². The highest BCUT2D eigenvalue weighted by molar-refractivity contribution is 5.90. The summed E-state index contributed by atoms with van der Waals surface area (Å²) >= 11 is 0. The first kappa shape index (κ1) is 25.6. The molecule has 5 heterocycles. The number of carbonyl (C=O) groups excluding carboxylic acids is 3. The van der Waals surface area contributed by atoms with E-state index in [0.29, 0.717) is 19.4 Å². The number of esters is 2. The highest BCUT2D eigenvalue weighted by Gasteiger charge is 2.83. The summed E-state index contributed by atoms with van der Waals surface area (Å²) in [5.74, 6) is -1.59. The van der Waals surface area contributed by atoms with Gasteiger partial charge in [0.1, 0.15) is 30.0 Å². The van der Waals surface area contributed by atoms with Crippen LogP contribution in [-0.4, -0.2) is 90.0 Å². The Morgan fingerprint density at radius 1 is 1.10 bits per heavy atom. The van der Waals surface area contributed by atoms with Gasteiger partial charge in [0.25, 0.3) is 0 Å². The molecule has 210 valence electrons. The summed E-state index contributed by atoms with van der Waals surface area (Å²) in [4.78, 5) is 39.3. The number of ether oxygens (including phenoxy) is 6. The molecule has 0 aromatic heterocycles. The fourth-order valence-electron chi connectivity index (χ4n) is 8.26. The van der Waals surface area contributed by atoms with Gasteiger partial charge in [-0.25, -0.2) is 9.59 Å². The molecule has 5 fully saturated rings. The first-order valence-corrected chi connectivity index (χ1v) is 13.8. The molecule has 5 aliphatic heterocycles. The van der Waals surface area contributed by atoms with Crippen molar-refractivity contribution in [2.75, 3.05) is 19.8 Å². The van der Waals surface area contributed by atoms with Crippen molar-refractivity contribution in [2.45, 2.75) is 93.8 Å². The number of epoxide rings is 2. The highest BCUT2D eigenvalue weighted by Crippen LogP contribution is 2.72. The molecule has 3 spiro atoms. The molecule has 0 amide bonds. The van der Waals surface area contributed by atoms with E-state index in [1.54, 1.807) is 0 Å². The molecule has 7 aliphatic rings. The molecule has 0 aromatic rings. The van der Waals surface area contributed by atoms with Gasteiger partial charge in [0.15, 0.2) is 17.5 Å². The highest BCUT2D eigenvalue weighted by atomic mass is 16.7. The lowest BCUT2D eigenvalue weighted by atomic mass is 9.51. The predicted octanol–water partition coefficient (Wildman–Crippen LogP) is 1.49. The van der Waals surface area contributed by atoms with E-state index in [4.69, 9.17) is 28.4 Å². The summed E-state index contributed by atoms with van der Waals surface area (Å²) in [6.45, 7) is 6.05. The number of ketones is 1. The Hall–Kier alpha value is -2.37. The van der Waals surface area contributed by atoms with Crippen LogP contribution in [0.25, 0.3) is 0 Å². The van der Waals surface area contributed by atoms with E-state index in [1.165, 1.54) is 36.8 Å². The Kier molecular flexibility index (Phi) is 5.31. The Balaban J connectivity index is 1.31. The van der Waals surface area contributed by atoms with Crippen molar-refractivity contribution in [1.29, 1.82) is 0 Å². The van der Waals surface area contributed by atoms with Crippen molar-refractivity contribution in [1.82, 2.24) is 0 Å². The summed E-state index contributed by atoms with van der Waals surface area (Å²) in [6, 6.07) is 0. The van der Waals surface area contributed by atoms with Crippen LogP contribution in [0.1, 0.15) is 46.5 Å². The van der Waals surface area contributed by atoms with Crippen molar-refractivity contribution in [3.63, 3.8) is 0 Å². The number of aliphatic hydroxyl groups is 1. The molecule has 2 aliphatic carbocycles.